The van der Waals surface area contributed by atoms with E-state index < -0.39 is 17.2 Å². The molecule has 0 atom stereocenters. The lowest BCUT2D eigenvalue weighted by Gasteiger charge is -2.32. The monoisotopic (exact) mass is 451 g/mol. The number of anilines is 1. The van der Waals surface area contributed by atoms with Crippen LogP contribution in [0.5, 0.6) is 5.75 Å². The van der Waals surface area contributed by atoms with Crippen LogP contribution in [-0.4, -0.2) is 35.8 Å². The Balaban J connectivity index is 1.96. The SMILES string of the molecule is [C-]#[N+]c1ccc(-c2nc(N3CCC(N)CC3)c(C)c(=O)n2-c2ccc(OC)c(F)c2)cc1F. The topological polar surface area (TPSA) is 77.7 Å². The summed E-state index contributed by atoms with van der Waals surface area (Å²) in [5.41, 5.74) is 6.40. The average molecular weight is 451 g/mol. The summed E-state index contributed by atoms with van der Waals surface area (Å²) >= 11 is 0. The van der Waals surface area contributed by atoms with Crippen LogP contribution in [0.1, 0.15) is 18.4 Å². The first-order valence-corrected chi connectivity index (χ1v) is 10.5. The zero-order valence-corrected chi connectivity index (χ0v) is 18.3. The molecular weight excluding hydrogens is 428 g/mol. The second kappa shape index (κ2) is 9.00. The molecule has 7 nitrogen and oxygen atoms in total. The quantitative estimate of drug-likeness (QED) is 0.608. The van der Waals surface area contributed by atoms with E-state index in [4.69, 9.17) is 22.0 Å². The van der Waals surface area contributed by atoms with E-state index in [9.17, 15) is 13.6 Å². The van der Waals surface area contributed by atoms with Crippen LogP contribution in [0.25, 0.3) is 21.9 Å². The Kier molecular flexibility index (Phi) is 6.11. The van der Waals surface area contributed by atoms with Crippen molar-refractivity contribution in [3.8, 4) is 22.8 Å². The van der Waals surface area contributed by atoms with Gasteiger partial charge in [-0.2, -0.15) is 0 Å². The minimum atomic E-state index is -0.727. The number of halogens is 2. The highest BCUT2D eigenvalue weighted by molar-refractivity contribution is 5.66. The third kappa shape index (κ3) is 4.17. The molecule has 2 aromatic carbocycles. The molecule has 1 saturated heterocycles. The van der Waals surface area contributed by atoms with Gasteiger partial charge in [0.25, 0.3) is 5.56 Å². The second-order valence-corrected chi connectivity index (χ2v) is 7.95. The van der Waals surface area contributed by atoms with Gasteiger partial charge in [0.15, 0.2) is 11.6 Å². The number of aromatic nitrogens is 2. The Hall–Kier alpha value is -3.77. The van der Waals surface area contributed by atoms with E-state index in [1.807, 2.05) is 4.90 Å². The first-order valence-electron chi connectivity index (χ1n) is 10.5. The number of hydrogen-bond donors (Lipinski definition) is 1. The Morgan fingerprint density at radius 2 is 1.88 bits per heavy atom. The lowest BCUT2D eigenvalue weighted by Crippen LogP contribution is -2.41. The fourth-order valence-electron chi connectivity index (χ4n) is 3.98. The highest BCUT2D eigenvalue weighted by atomic mass is 19.1. The van der Waals surface area contributed by atoms with Gasteiger partial charge in [0.1, 0.15) is 17.5 Å². The maximum absolute atomic E-state index is 14.5. The maximum Gasteiger partial charge on any atom is 0.263 e. The van der Waals surface area contributed by atoms with Crippen molar-refractivity contribution in [1.82, 2.24) is 9.55 Å². The van der Waals surface area contributed by atoms with Crippen LogP contribution in [0.15, 0.2) is 41.2 Å². The number of piperidine rings is 1. The van der Waals surface area contributed by atoms with Crippen molar-refractivity contribution >= 4 is 11.5 Å². The molecule has 4 rings (SSSR count). The Morgan fingerprint density at radius 3 is 2.48 bits per heavy atom. The molecule has 1 aromatic heterocycles. The fraction of sp³-hybridized carbons (Fsp3) is 0.292. The molecule has 0 amide bonds. The lowest BCUT2D eigenvalue weighted by atomic mass is 10.1. The van der Waals surface area contributed by atoms with Gasteiger partial charge in [-0.15, -0.1) is 0 Å². The molecule has 0 aliphatic carbocycles. The van der Waals surface area contributed by atoms with Gasteiger partial charge in [0, 0.05) is 30.8 Å². The standard InChI is InChI=1S/C24H23F2N5O2/c1-14-22(30-10-8-16(27)9-11-30)29-23(15-4-6-20(28-2)18(25)12-15)31(24(14)32)17-5-7-21(33-3)19(26)13-17/h4-7,12-13,16H,8-11,27H2,1,3H3. The van der Waals surface area contributed by atoms with Crippen LogP contribution >= 0.6 is 0 Å². The molecular formula is C24H23F2N5O2. The summed E-state index contributed by atoms with van der Waals surface area (Å²) in [7, 11) is 1.35. The number of nitrogens with zero attached hydrogens (tertiary/aromatic N) is 4. The van der Waals surface area contributed by atoms with Gasteiger partial charge in [-0.25, -0.2) is 18.6 Å². The van der Waals surface area contributed by atoms with Crippen LogP contribution in [-0.2, 0) is 0 Å². The number of benzene rings is 2. The van der Waals surface area contributed by atoms with Crippen molar-refractivity contribution in [3.05, 3.63) is 75.4 Å². The second-order valence-electron chi connectivity index (χ2n) is 7.95. The van der Waals surface area contributed by atoms with E-state index in [1.54, 1.807) is 6.92 Å². The van der Waals surface area contributed by atoms with Gasteiger partial charge in [0.2, 0.25) is 5.69 Å². The third-order valence-electron chi connectivity index (χ3n) is 5.84. The number of ether oxygens (including phenoxy) is 1. The number of methoxy groups -OCH3 is 1. The normalized spacial score (nSPS) is 14.2. The van der Waals surface area contributed by atoms with Crippen molar-refractivity contribution in [2.45, 2.75) is 25.8 Å². The number of rotatable bonds is 4. The molecule has 0 bridgehead atoms. The summed E-state index contributed by atoms with van der Waals surface area (Å²) in [5.74, 6) is -0.701. The van der Waals surface area contributed by atoms with Gasteiger partial charge < -0.3 is 15.4 Å². The molecule has 2 N–H and O–H groups in total. The zero-order chi connectivity index (χ0) is 23.7. The summed E-state index contributed by atoms with van der Waals surface area (Å²) in [6.07, 6.45) is 1.52. The largest absolute Gasteiger partial charge is 0.494 e. The molecule has 170 valence electrons. The van der Waals surface area contributed by atoms with Crippen molar-refractivity contribution in [1.29, 1.82) is 0 Å². The average Bonchev–Trinajstić information content (AvgIpc) is 2.81. The molecule has 0 saturated carbocycles. The predicted molar refractivity (Wildman–Crippen MR) is 122 cm³/mol. The van der Waals surface area contributed by atoms with Crippen LogP contribution in [0.4, 0.5) is 20.3 Å². The molecule has 1 fully saturated rings. The van der Waals surface area contributed by atoms with Gasteiger partial charge in [-0.1, -0.05) is 12.1 Å². The van der Waals surface area contributed by atoms with Gasteiger partial charge in [-0.3, -0.25) is 9.36 Å². The summed E-state index contributed by atoms with van der Waals surface area (Å²) in [4.78, 5) is 23.4. The van der Waals surface area contributed by atoms with Crippen molar-refractivity contribution < 1.29 is 13.5 Å². The zero-order valence-electron chi connectivity index (χ0n) is 18.3. The summed E-state index contributed by atoms with van der Waals surface area (Å²) in [6.45, 7) is 10.0. The minimum Gasteiger partial charge on any atom is -0.494 e. The molecule has 9 heteroatoms. The lowest BCUT2D eigenvalue weighted by molar-refractivity contribution is 0.386. The van der Waals surface area contributed by atoms with E-state index in [1.165, 1.54) is 42.0 Å². The molecule has 0 radical (unpaired) electrons. The van der Waals surface area contributed by atoms with E-state index >= 15 is 0 Å². The smallest absolute Gasteiger partial charge is 0.263 e. The van der Waals surface area contributed by atoms with Gasteiger partial charge >= 0.3 is 0 Å². The van der Waals surface area contributed by atoms with Gasteiger partial charge in [-0.05, 0) is 38.0 Å². The number of nitrogens with two attached hydrogens (primary N) is 1. The van der Waals surface area contributed by atoms with Crippen LogP contribution < -0.4 is 20.9 Å². The van der Waals surface area contributed by atoms with Crippen LogP contribution in [0.2, 0.25) is 0 Å². The van der Waals surface area contributed by atoms with E-state index in [0.29, 0.717) is 30.0 Å². The maximum atomic E-state index is 14.5. The van der Waals surface area contributed by atoms with Crippen molar-refractivity contribution in [2.24, 2.45) is 5.73 Å². The van der Waals surface area contributed by atoms with Crippen LogP contribution in [0.3, 0.4) is 0 Å². The van der Waals surface area contributed by atoms with Crippen molar-refractivity contribution in [3.63, 3.8) is 0 Å². The molecule has 0 unspecified atom stereocenters. The number of hydrogen-bond acceptors (Lipinski definition) is 5. The molecule has 0 spiro atoms. The summed E-state index contributed by atoms with van der Waals surface area (Å²) in [5, 5.41) is 0. The molecule has 3 aromatic rings. The van der Waals surface area contributed by atoms with E-state index in [2.05, 4.69) is 4.85 Å². The summed E-state index contributed by atoms with van der Waals surface area (Å²) in [6, 6.07) is 8.25. The van der Waals surface area contributed by atoms with Crippen LogP contribution in [0, 0.1) is 25.1 Å². The molecule has 2 heterocycles. The van der Waals surface area contributed by atoms with Gasteiger partial charge in [0.05, 0.1) is 24.9 Å². The first-order chi connectivity index (χ1) is 15.8. The predicted octanol–water partition coefficient (Wildman–Crippen LogP) is 3.97. The third-order valence-corrected chi connectivity index (χ3v) is 5.84. The van der Waals surface area contributed by atoms with E-state index in [-0.39, 0.29) is 29.0 Å². The molecule has 1 aliphatic heterocycles. The summed E-state index contributed by atoms with van der Waals surface area (Å²) < 4.78 is 35.2. The Labute approximate surface area is 189 Å². The Morgan fingerprint density at radius 1 is 1.15 bits per heavy atom. The van der Waals surface area contributed by atoms with E-state index in [0.717, 1.165) is 18.9 Å². The van der Waals surface area contributed by atoms with Crippen molar-refractivity contribution in [2.75, 3.05) is 25.1 Å². The molecule has 33 heavy (non-hydrogen) atoms. The fourth-order valence-corrected chi connectivity index (χ4v) is 3.98. The Bertz CT molecular complexity index is 1310. The highest BCUT2D eigenvalue weighted by Crippen LogP contribution is 2.30. The molecule has 1 aliphatic rings. The minimum absolute atomic E-state index is 0.0340. The highest BCUT2D eigenvalue weighted by Gasteiger charge is 2.24. The first kappa shape index (κ1) is 22.4.